The Morgan fingerprint density at radius 3 is 2.62 bits per heavy atom. The van der Waals surface area contributed by atoms with Gasteiger partial charge in [-0.3, -0.25) is 14.6 Å². The molecular weight excluding hydrogens is 404 g/mol. The van der Waals surface area contributed by atoms with Gasteiger partial charge in [0.25, 0.3) is 5.91 Å². The van der Waals surface area contributed by atoms with Crippen LogP contribution in [-0.2, 0) is 11.3 Å². The van der Waals surface area contributed by atoms with E-state index in [4.69, 9.17) is 4.74 Å². The lowest BCUT2D eigenvalue weighted by atomic mass is 10.0. The topological polar surface area (TPSA) is 83.6 Å². The summed E-state index contributed by atoms with van der Waals surface area (Å²) in [5.74, 6) is 0.649. The fourth-order valence-corrected chi connectivity index (χ4v) is 3.76. The lowest BCUT2D eigenvalue weighted by Crippen LogP contribution is -2.43. The predicted octanol–water partition coefficient (Wildman–Crippen LogP) is 3.75. The van der Waals surface area contributed by atoms with Crippen LogP contribution >= 0.6 is 0 Å². The maximum atomic E-state index is 13.3. The highest BCUT2D eigenvalue weighted by Crippen LogP contribution is 2.33. The van der Waals surface area contributed by atoms with Gasteiger partial charge in [0.05, 0.1) is 24.9 Å². The van der Waals surface area contributed by atoms with E-state index in [9.17, 15) is 9.59 Å². The van der Waals surface area contributed by atoms with Crippen LogP contribution in [0.4, 0.5) is 5.69 Å². The minimum atomic E-state index is -0.320. The van der Waals surface area contributed by atoms with Crippen molar-refractivity contribution in [2.45, 2.75) is 25.6 Å². The van der Waals surface area contributed by atoms with E-state index in [-0.39, 0.29) is 18.0 Å². The molecule has 3 aromatic rings. The minimum Gasteiger partial charge on any atom is -0.497 e. The quantitative estimate of drug-likeness (QED) is 0.569. The van der Waals surface area contributed by atoms with E-state index in [2.05, 4.69) is 15.6 Å². The van der Waals surface area contributed by atoms with Gasteiger partial charge in [-0.05, 0) is 48.4 Å². The van der Waals surface area contributed by atoms with E-state index in [1.807, 2.05) is 66.7 Å². The van der Waals surface area contributed by atoms with Crippen molar-refractivity contribution in [2.75, 3.05) is 19.0 Å². The molecular formula is C25H26N4O3. The molecule has 0 saturated carbocycles. The van der Waals surface area contributed by atoms with Crippen LogP contribution in [0.5, 0.6) is 5.75 Å². The monoisotopic (exact) mass is 430 g/mol. The minimum absolute atomic E-state index is 0.0472. The molecule has 0 radical (unpaired) electrons. The number of nitrogens with one attached hydrogen (secondary N) is 2. The third-order valence-corrected chi connectivity index (χ3v) is 5.45. The number of nitrogens with zero attached hydrogens (tertiary/aromatic N) is 2. The Morgan fingerprint density at radius 1 is 1.09 bits per heavy atom. The molecule has 1 aromatic heterocycles. The summed E-state index contributed by atoms with van der Waals surface area (Å²) >= 11 is 0. The van der Waals surface area contributed by atoms with E-state index in [1.165, 1.54) is 0 Å². The molecule has 1 aliphatic rings. The third-order valence-electron chi connectivity index (χ3n) is 5.45. The smallest absolute Gasteiger partial charge is 0.257 e. The molecule has 1 unspecified atom stereocenters. The molecule has 0 fully saturated rings. The second kappa shape index (κ2) is 9.96. The lowest BCUT2D eigenvalue weighted by molar-refractivity contribution is -0.121. The summed E-state index contributed by atoms with van der Waals surface area (Å²) < 4.78 is 5.26. The molecule has 0 spiro atoms. The molecule has 1 aliphatic heterocycles. The van der Waals surface area contributed by atoms with Crippen LogP contribution in [0, 0.1) is 0 Å². The van der Waals surface area contributed by atoms with Crippen molar-refractivity contribution in [3.05, 3.63) is 89.7 Å². The van der Waals surface area contributed by atoms with Gasteiger partial charge in [-0.15, -0.1) is 0 Å². The van der Waals surface area contributed by atoms with Gasteiger partial charge in [0, 0.05) is 24.8 Å². The maximum absolute atomic E-state index is 13.3. The standard InChI is InChI=1S/C25H26N4O3/c1-32-20-13-11-18(12-14-20)24-28-22-9-3-2-8-21(22)25(31)29(24)16-6-10-23(30)27-17-19-7-4-5-15-26-19/h2-5,7-9,11-15,24,28H,6,10,16-17H2,1H3,(H,27,30). The van der Waals surface area contributed by atoms with Crippen molar-refractivity contribution < 1.29 is 14.3 Å². The summed E-state index contributed by atoms with van der Waals surface area (Å²) in [4.78, 5) is 31.5. The first-order valence-corrected chi connectivity index (χ1v) is 10.6. The number of pyridine rings is 1. The summed E-state index contributed by atoms with van der Waals surface area (Å²) in [7, 11) is 1.62. The van der Waals surface area contributed by atoms with Gasteiger partial charge in [-0.25, -0.2) is 0 Å². The first kappa shape index (κ1) is 21.4. The van der Waals surface area contributed by atoms with Crippen molar-refractivity contribution >= 4 is 17.5 Å². The number of benzene rings is 2. The summed E-state index contributed by atoms with van der Waals surface area (Å²) in [6, 6.07) is 20.8. The molecule has 2 heterocycles. The van der Waals surface area contributed by atoms with Crippen molar-refractivity contribution in [3.63, 3.8) is 0 Å². The fraction of sp³-hybridized carbons (Fsp3) is 0.240. The van der Waals surface area contributed by atoms with Crippen LogP contribution in [0.2, 0.25) is 0 Å². The van der Waals surface area contributed by atoms with E-state index >= 15 is 0 Å². The highest BCUT2D eigenvalue weighted by atomic mass is 16.5. The fourth-order valence-electron chi connectivity index (χ4n) is 3.76. The summed E-state index contributed by atoms with van der Waals surface area (Å²) in [5.41, 5.74) is 3.21. The number of rotatable bonds is 8. The molecule has 0 bridgehead atoms. The third kappa shape index (κ3) is 4.88. The number of amides is 2. The molecule has 0 saturated heterocycles. The summed E-state index contributed by atoms with van der Waals surface area (Å²) in [5, 5.41) is 6.36. The summed E-state index contributed by atoms with van der Waals surface area (Å²) in [6.07, 6.45) is 2.26. The summed E-state index contributed by atoms with van der Waals surface area (Å²) in [6.45, 7) is 0.847. The number of hydrogen-bond acceptors (Lipinski definition) is 5. The van der Waals surface area contributed by atoms with Gasteiger partial charge in [-0.1, -0.05) is 30.3 Å². The number of aromatic nitrogens is 1. The number of carbonyl (C=O) groups excluding carboxylic acids is 2. The number of fused-ring (bicyclic) bond motifs is 1. The van der Waals surface area contributed by atoms with Crippen molar-refractivity contribution in [3.8, 4) is 5.75 Å². The first-order valence-electron chi connectivity index (χ1n) is 10.6. The van der Waals surface area contributed by atoms with Crippen molar-refractivity contribution in [1.82, 2.24) is 15.2 Å². The molecule has 2 aromatic carbocycles. The van der Waals surface area contributed by atoms with Gasteiger partial charge in [0.15, 0.2) is 0 Å². The zero-order valence-corrected chi connectivity index (χ0v) is 18.0. The molecule has 1 atom stereocenters. The van der Waals surface area contributed by atoms with E-state index in [0.29, 0.717) is 31.5 Å². The van der Waals surface area contributed by atoms with Crippen LogP contribution in [-0.4, -0.2) is 35.4 Å². The van der Waals surface area contributed by atoms with Gasteiger partial charge in [0.2, 0.25) is 5.91 Å². The average Bonchev–Trinajstić information content (AvgIpc) is 2.85. The Bertz CT molecular complexity index is 1070. The largest absolute Gasteiger partial charge is 0.497 e. The van der Waals surface area contributed by atoms with E-state index in [1.54, 1.807) is 18.2 Å². The van der Waals surface area contributed by atoms with Gasteiger partial charge in [-0.2, -0.15) is 0 Å². The second-order valence-electron chi connectivity index (χ2n) is 7.57. The zero-order valence-electron chi connectivity index (χ0n) is 18.0. The lowest BCUT2D eigenvalue weighted by Gasteiger charge is -2.38. The number of ether oxygens (including phenoxy) is 1. The van der Waals surface area contributed by atoms with Crippen molar-refractivity contribution in [1.29, 1.82) is 0 Å². The molecule has 7 heteroatoms. The highest BCUT2D eigenvalue weighted by molar-refractivity contribution is 6.01. The van der Waals surface area contributed by atoms with E-state index < -0.39 is 0 Å². The molecule has 164 valence electrons. The molecule has 32 heavy (non-hydrogen) atoms. The Morgan fingerprint density at radius 2 is 1.88 bits per heavy atom. The molecule has 2 N–H and O–H groups in total. The Hall–Kier alpha value is -3.87. The Labute approximate surface area is 187 Å². The van der Waals surface area contributed by atoms with Crippen LogP contribution in [0.3, 0.4) is 0 Å². The SMILES string of the molecule is COc1ccc(C2Nc3ccccc3C(=O)N2CCCC(=O)NCc2ccccn2)cc1. The average molecular weight is 431 g/mol. The Balaban J connectivity index is 1.43. The predicted molar refractivity (Wildman–Crippen MR) is 122 cm³/mol. The van der Waals surface area contributed by atoms with Gasteiger partial charge in [0.1, 0.15) is 11.9 Å². The molecule has 7 nitrogen and oxygen atoms in total. The second-order valence-corrected chi connectivity index (χ2v) is 7.57. The normalized spacial score (nSPS) is 15.0. The first-order chi connectivity index (χ1) is 15.7. The zero-order chi connectivity index (χ0) is 22.3. The maximum Gasteiger partial charge on any atom is 0.257 e. The number of anilines is 1. The number of carbonyl (C=O) groups is 2. The number of para-hydroxylation sites is 1. The molecule has 2 amide bonds. The number of hydrogen-bond donors (Lipinski definition) is 2. The van der Waals surface area contributed by atoms with E-state index in [0.717, 1.165) is 22.7 Å². The van der Waals surface area contributed by atoms with Crippen LogP contribution in [0.1, 0.15) is 40.6 Å². The molecule has 4 rings (SSSR count). The van der Waals surface area contributed by atoms with Gasteiger partial charge < -0.3 is 20.3 Å². The van der Waals surface area contributed by atoms with Crippen molar-refractivity contribution in [2.24, 2.45) is 0 Å². The van der Waals surface area contributed by atoms with Crippen LogP contribution in [0.15, 0.2) is 72.9 Å². The Kier molecular flexibility index (Phi) is 6.65. The number of methoxy groups -OCH3 is 1. The van der Waals surface area contributed by atoms with Crippen LogP contribution in [0.25, 0.3) is 0 Å². The highest BCUT2D eigenvalue weighted by Gasteiger charge is 2.32. The molecule has 0 aliphatic carbocycles. The van der Waals surface area contributed by atoms with Crippen LogP contribution < -0.4 is 15.4 Å². The van der Waals surface area contributed by atoms with Gasteiger partial charge >= 0.3 is 0 Å².